The molecule has 0 aliphatic heterocycles. The molecular formula is C26H16N4O. The monoisotopic (exact) mass is 400 g/mol. The second kappa shape index (κ2) is 6.06. The van der Waals surface area contributed by atoms with Crippen molar-refractivity contribution in [2.45, 2.75) is 0 Å². The van der Waals surface area contributed by atoms with Gasteiger partial charge >= 0.3 is 0 Å². The molecule has 31 heavy (non-hydrogen) atoms. The lowest BCUT2D eigenvalue weighted by Crippen LogP contribution is -1.97. The third kappa shape index (κ3) is 2.31. The van der Waals surface area contributed by atoms with Gasteiger partial charge in [0.25, 0.3) is 0 Å². The highest BCUT2D eigenvalue weighted by Crippen LogP contribution is 2.33. The molecule has 146 valence electrons. The Labute approximate surface area is 176 Å². The average molecular weight is 400 g/mol. The largest absolute Gasteiger partial charge is 0.436 e. The number of hydrogen-bond donors (Lipinski definition) is 0. The van der Waals surface area contributed by atoms with E-state index in [-0.39, 0.29) is 0 Å². The first kappa shape index (κ1) is 16.4. The van der Waals surface area contributed by atoms with E-state index in [2.05, 4.69) is 68.7 Å². The zero-order chi connectivity index (χ0) is 20.4. The van der Waals surface area contributed by atoms with Gasteiger partial charge in [-0.3, -0.25) is 8.97 Å². The van der Waals surface area contributed by atoms with Crippen molar-refractivity contribution in [2.75, 3.05) is 0 Å². The van der Waals surface area contributed by atoms with E-state index in [1.165, 1.54) is 0 Å². The second-order valence-corrected chi connectivity index (χ2v) is 7.60. The Kier molecular flexibility index (Phi) is 3.21. The van der Waals surface area contributed by atoms with Crippen LogP contribution in [0.4, 0.5) is 0 Å². The number of imidazole rings is 1. The van der Waals surface area contributed by atoms with E-state index in [0.29, 0.717) is 5.89 Å². The van der Waals surface area contributed by atoms with Crippen molar-refractivity contribution < 1.29 is 4.42 Å². The maximum absolute atomic E-state index is 5.94. The van der Waals surface area contributed by atoms with E-state index in [4.69, 9.17) is 9.40 Å². The number of aromatic nitrogens is 4. The van der Waals surface area contributed by atoms with Crippen LogP contribution >= 0.6 is 0 Å². The predicted octanol–water partition coefficient (Wildman–Crippen LogP) is 6.24. The molecule has 4 aromatic heterocycles. The molecule has 7 rings (SSSR count). The molecule has 0 radical (unpaired) electrons. The van der Waals surface area contributed by atoms with Crippen LogP contribution in [0.15, 0.2) is 102 Å². The fourth-order valence-corrected chi connectivity index (χ4v) is 4.37. The first-order valence-electron chi connectivity index (χ1n) is 10.2. The van der Waals surface area contributed by atoms with Crippen molar-refractivity contribution in [3.05, 3.63) is 97.2 Å². The Morgan fingerprint density at radius 1 is 0.710 bits per heavy atom. The summed E-state index contributed by atoms with van der Waals surface area (Å²) in [5, 5.41) is 1.14. The molecule has 0 spiro atoms. The maximum atomic E-state index is 5.94. The molecule has 5 nitrogen and oxygen atoms in total. The molecule has 4 heterocycles. The molecule has 0 saturated carbocycles. The van der Waals surface area contributed by atoms with Crippen molar-refractivity contribution in [2.24, 2.45) is 0 Å². The smallest absolute Gasteiger partial charge is 0.227 e. The third-order valence-electron chi connectivity index (χ3n) is 5.78. The summed E-state index contributed by atoms with van der Waals surface area (Å²) in [5.74, 6) is 0.630. The van der Waals surface area contributed by atoms with Crippen molar-refractivity contribution in [3.63, 3.8) is 0 Å². The van der Waals surface area contributed by atoms with Crippen LogP contribution in [0.5, 0.6) is 0 Å². The summed E-state index contributed by atoms with van der Waals surface area (Å²) in [6.45, 7) is 0. The number of rotatable bonds is 2. The van der Waals surface area contributed by atoms with E-state index in [0.717, 1.165) is 50.1 Å². The summed E-state index contributed by atoms with van der Waals surface area (Å²) in [6.07, 6.45) is 2.06. The van der Waals surface area contributed by atoms with Gasteiger partial charge in [0.2, 0.25) is 5.89 Å². The molecule has 5 heteroatoms. The predicted molar refractivity (Wildman–Crippen MR) is 123 cm³/mol. The molecule has 0 saturated heterocycles. The van der Waals surface area contributed by atoms with E-state index in [9.17, 15) is 0 Å². The number of hydrogen-bond acceptors (Lipinski definition) is 3. The van der Waals surface area contributed by atoms with Gasteiger partial charge in [0.1, 0.15) is 16.7 Å². The minimum Gasteiger partial charge on any atom is -0.436 e. The van der Waals surface area contributed by atoms with Gasteiger partial charge in [-0.05, 0) is 54.6 Å². The Bertz CT molecular complexity index is 1700. The average Bonchev–Trinajstić information content (AvgIpc) is 3.50. The normalized spacial score (nSPS) is 11.9. The molecule has 0 atom stereocenters. The van der Waals surface area contributed by atoms with Gasteiger partial charge in [-0.1, -0.05) is 36.4 Å². The van der Waals surface area contributed by atoms with Gasteiger partial charge < -0.3 is 4.42 Å². The summed E-state index contributed by atoms with van der Waals surface area (Å²) in [7, 11) is 0. The van der Waals surface area contributed by atoms with E-state index in [1.54, 1.807) is 0 Å². The summed E-state index contributed by atoms with van der Waals surface area (Å²) >= 11 is 0. The minimum absolute atomic E-state index is 0.630. The van der Waals surface area contributed by atoms with Crippen LogP contribution in [0.1, 0.15) is 0 Å². The summed E-state index contributed by atoms with van der Waals surface area (Å²) in [6, 6.07) is 30.7. The third-order valence-corrected chi connectivity index (χ3v) is 5.78. The number of pyridine rings is 1. The summed E-state index contributed by atoms with van der Waals surface area (Å²) in [5.41, 5.74) is 7.82. The van der Waals surface area contributed by atoms with Gasteiger partial charge in [0, 0.05) is 22.8 Å². The molecule has 0 unspecified atom stereocenters. The van der Waals surface area contributed by atoms with Crippen molar-refractivity contribution >= 4 is 38.8 Å². The molecule has 0 N–H and O–H groups in total. The van der Waals surface area contributed by atoms with Crippen LogP contribution in [-0.2, 0) is 0 Å². The Morgan fingerprint density at radius 3 is 2.42 bits per heavy atom. The lowest BCUT2D eigenvalue weighted by molar-refractivity contribution is 0.620. The molecule has 0 aliphatic carbocycles. The molecular weight excluding hydrogens is 384 g/mol. The lowest BCUT2D eigenvalue weighted by Gasteiger charge is -2.08. The lowest BCUT2D eigenvalue weighted by atomic mass is 10.2. The summed E-state index contributed by atoms with van der Waals surface area (Å²) in [4.78, 5) is 9.52. The van der Waals surface area contributed by atoms with Crippen LogP contribution in [0.25, 0.3) is 56.0 Å². The fourth-order valence-electron chi connectivity index (χ4n) is 4.37. The Hall–Kier alpha value is -4.38. The molecule has 0 amide bonds. The molecule has 0 fully saturated rings. The van der Waals surface area contributed by atoms with Gasteiger partial charge in [-0.2, -0.15) is 0 Å². The van der Waals surface area contributed by atoms with Crippen LogP contribution in [-0.4, -0.2) is 18.9 Å². The molecule has 7 aromatic rings. The second-order valence-electron chi connectivity index (χ2n) is 7.60. The highest BCUT2D eigenvalue weighted by molar-refractivity contribution is 6.07. The fraction of sp³-hybridized carbons (Fsp3) is 0. The first-order valence-corrected chi connectivity index (χ1v) is 10.2. The van der Waals surface area contributed by atoms with Crippen LogP contribution < -0.4 is 0 Å². The van der Waals surface area contributed by atoms with Crippen molar-refractivity contribution in [1.29, 1.82) is 0 Å². The van der Waals surface area contributed by atoms with Crippen LogP contribution in [0.3, 0.4) is 0 Å². The van der Waals surface area contributed by atoms with Crippen molar-refractivity contribution in [3.8, 4) is 17.1 Å². The number of benzene rings is 3. The molecule has 0 bridgehead atoms. The maximum Gasteiger partial charge on any atom is 0.227 e. The molecule has 3 aromatic carbocycles. The van der Waals surface area contributed by atoms with Crippen molar-refractivity contribution in [1.82, 2.24) is 18.9 Å². The van der Waals surface area contributed by atoms with Crippen LogP contribution in [0.2, 0.25) is 0 Å². The Morgan fingerprint density at radius 2 is 1.52 bits per heavy atom. The highest BCUT2D eigenvalue weighted by atomic mass is 16.3. The Balaban J connectivity index is 1.46. The zero-order valence-corrected chi connectivity index (χ0v) is 16.4. The van der Waals surface area contributed by atoms with Gasteiger partial charge in [0.15, 0.2) is 11.2 Å². The summed E-state index contributed by atoms with van der Waals surface area (Å²) < 4.78 is 10.3. The number of nitrogens with zero attached hydrogens (tertiary/aromatic N) is 4. The van der Waals surface area contributed by atoms with Gasteiger partial charge in [-0.15, -0.1) is 0 Å². The van der Waals surface area contributed by atoms with Crippen LogP contribution in [0, 0.1) is 0 Å². The van der Waals surface area contributed by atoms with E-state index >= 15 is 0 Å². The topological polar surface area (TPSA) is 48.3 Å². The first-order chi connectivity index (χ1) is 15.4. The number of para-hydroxylation sites is 3. The standard InChI is InChI=1S/C26H16N4O/c1-3-9-21-19(7-1)24-26(29-16-6-5-11-23(29)28-24)30(21)18-14-12-17(13-15-18)25-27-20-8-2-4-10-22(20)31-25/h1-16H. The minimum atomic E-state index is 0.630. The van der Waals surface area contributed by atoms with E-state index in [1.807, 2.05) is 42.5 Å². The van der Waals surface area contributed by atoms with Gasteiger partial charge in [-0.25, -0.2) is 9.97 Å². The molecule has 0 aliphatic rings. The SMILES string of the molecule is c1ccc2oc(-c3ccc(-n4c5ccccc5c5nc6ccccn6c54)cc3)nc2c1. The number of fused-ring (bicyclic) bond motifs is 6. The quantitative estimate of drug-likeness (QED) is 0.345. The van der Waals surface area contributed by atoms with E-state index < -0.39 is 0 Å². The zero-order valence-electron chi connectivity index (χ0n) is 16.4. The highest BCUT2D eigenvalue weighted by Gasteiger charge is 2.17. The number of oxazole rings is 1. The van der Waals surface area contributed by atoms with Gasteiger partial charge in [0.05, 0.1) is 5.52 Å².